The van der Waals surface area contributed by atoms with Gasteiger partial charge in [-0.1, -0.05) is 45.9 Å². The Kier molecular flexibility index (Phi) is 21.6. The first-order chi connectivity index (χ1) is 28.7. The van der Waals surface area contributed by atoms with Crippen LogP contribution >= 0.6 is 45.2 Å². The molecule has 15 heteroatoms. The fourth-order valence-corrected chi connectivity index (χ4v) is 7.68. The first kappa shape index (κ1) is 51.7. The first-order valence-electron chi connectivity index (χ1n) is 20.0. The van der Waals surface area contributed by atoms with Crippen LogP contribution in [-0.2, 0) is 46.6 Å². The number of aliphatic hydroxyl groups excluding tert-OH is 1. The van der Waals surface area contributed by atoms with Gasteiger partial charge in [-0.2, -0.15) is 0 Å². The van der Waals surface area contributed by atoms with E-state index in [1.165, 1.54) is 49.2 Å². The molecule has 1 heterocycles. The summed E-state index contributed by atoms with van der Waals surface area (Å²) < 4.78 is 60.1. The lowest BCUT2D eigenvalue weighted by atomic mass is 10.00. The summed E-state index contributed by atoms with van der Waals surface area (Å²) in [7, 11) is 0. The highest BCUT2D eigenvalue weighted by Crippen LogP contribution is 2.21. The van der Waals surface area contributed by atoms with Gasteiger partial charge < -0.3 is 31.5 Å². The van der Waals surface area contributed by atoms with Crippen LogP contribution in [0, 0.1) is 42.2 Å². The Morgan fingerprint density at radius 1 is 0.705 bits per heavy atom. The summed E-state index contributed by atoms with van der Waals surface area (Å²) in [5, 5.41) is 19.2. The van der Waals surface area contributed by atoms with E-state index in [9.17, 15) is 37.1 Å². The quantitative estimate of drug-likeness (QED) is 0.0413. The monoisotopic (exact) mass is 1070 g/mol. The van der Waals surface area contributed by atoms with Crippen LogP contribution < -0.4 is 21.7 Å². The highest BCUT2D eigenvalue weighted by atomic mass is 127. The molecule has 0 radical (unpaired) electrons. The van der Waals surface area contributed by atoms with Gasteiger partial charge in [0.15, 0.2) is 0 Å². The van der Waals surface area contributed by atoms with Crippen molar-refractivity contribution in [1.29, 1.82) is 0 Å². The first-order valence-corrected chi connectivity index (χ1v) is 22.1. The van der Waals surface area contributed by atoms with Crippen molar-refractivity contribution in [2.75, 3.05) is 13.2 Å². The molecule has 1 aliphatic heterocycles. The number of epoxide rings is 1. The fraction of sp³-hybridized carbons (Fsp3) is 0.413. The van der Waals surface area contributed by atoms with Gasteiger partial charge in [-0.15, -0.1) is 0 Å². The average molecular weight is 1070 g/mol. The van der Waals surface area contributed by atoms with Gasteiger partial charge in [0.2, 0.25) is 17.7 Å². The Bertz CT molecular complexity index is 2050. The van der Waals surface area contributed by atoms with Crippen LogP contribution in [0.4, 0.5) is 17.6 Å². The second-order valence-electron chi connectivity index (χ2n) is 15.9. The van der Waals surface area contributed by atoms with Crippen molar-refractivity contribution in [2.24, 2.45) is 17.6 Å². The normalized spacial score (nSPS) is 14.5. The lowest BCUT2D eigenvalue weighted by molar-refractivity contribution is -0.121. The van der Waals surface area contributed by atoms with Crippen LogP contribution in [0.5, 0.6) is 0 Å². The molecule has 4 aromatic rings. The summed E-state index contributed by atoms with van der Waals surface area (Å²) in [6, 6.07) is 17.9. The minimum atomic E-state index is -0.920. The number of hydrogen-bond donors (Lipinski definition) is 5. The fourth-order valence-electron chi connectivity index (χ4n) is 6.55. The number of carbonyl (C=O) groups excluding carboxylic acids is 3. The summed E-state index contributed by atoms with van der Waals surface area (Å²) in [5.74, 6) is -2.27. The van der Waals surface area contributed by atoms with Crippen LogP contribution in [-0.4, -0.2) is 60.3 Å². The van der Waals surface area contributed by atoms with Gasteiger partial charge in [0.25, 0.3) is 0 Å². The number of halogens is 6. The standard InChI is InChI=1S/C23H29F2IN2O2.C12H13F2NO2.C11H14INO/c1-14(2)6-16-4-5-21(26)18(7-16)12-27-13-23(30)22(28-15(3)29)10-17-8-19(24)11-20(25)9-17;1-7(16)15-11(12-6-17-12)4-8-2-9(13)5-10(14)3-8;1-7(2)5-8-3-4-10(12)9(6-8)11(13)14/h4-5,7-9,11,14,22-23,27,30H,6,10,12-13H2,1-3H3,(H,28,29);2-3,5,11-12H,4,6H2,1H3,(H,15,16);3-4,6-7H,5H2,1-2H3,(H2,13,14). The van der Waals surface area contributed by atoms with Gasteiger partial charge in [0.1, 0.15) is 29.4 Å². The molecule has 4 aromatic carbocycles. The molecule has 0 saturated carbocycles. The van der Waals surface area contributed by atoms with E-state index < -0.39 is 35.4 Å². The van der Waals surface area contributed by atoms with Crippen LogP contribution in [0.1, 0.15) is 79.7 Å². The van der Waals surface area contributed by atoms with Crippen molar-refractivity contribution in [2.45, 2.75) is 98.1 Å². The Balaban J connectivity index is 0.000000269. The number of hydrogen-bond acceptors (Lipinski definition) is 6. The zero-order valence-corrected chi connectivity index (χ0v) is 39.6. The highest BCUT2D eigenvalue weighted by Gasteiger charge is 2.33. The molecular weight excluding hydrogens is 1020 g/mol. The van der Waals surface area contributed by atoms with E-state index in [1.54, 1.807) is 0 Å². The molecule has 0 aromatic heterocycles. The van der Waals surface area contributed by atoms with Crippen LogP contribution in [0.3, 0.4) is 0 Å². The second-order valence-corrected chi connectivity index (χ2v) is 18.3. The lowest BCUT2D eigenvalue weighted by Crippen LogP contribution is -2.48. The molecule has 0 bridgehead atoms. The van der Waals surface area contributed by atoms with Crippen molar-refractivity contribution < 1.29 is 41.8 Å². The molecular formula is C46H56F4I2N4O5. The Morgan fingerprint density at radius 2 is 1.18 bits per heavy atom. The molecule has 4 unspecified atom stereocenters. The highest BCUT2D eigenvalue weighted by molar-refractivity contribution is 14.1. The number of carbonyl (C=O) groups is 3. The minimum Gasteiger partial charge on any atom is -0.390 e. The number of aliphatic hydroxyl groups is 1. The van der Waals surface area contributed by atoms with Crippen LogP contribution in [0.15, 0.2) is 72.8 Å². The molecule has 4 atom stereocenters. The third-order valence-electron chi connectivity index (χ3n) is 9.17. The van der Waals surface area contributed by atoms with Crippen LogP contribution in [0.2, 0.25) is 0 Å². The number of nitrogens with two attached hydrogens (primary N) is 1. The topological polar surface area (TPSA) is 146 Å². The molecule has 0 spiro atoms. The largest absolute Gasteiger partial charge is 0.390 e. The average Bonchev–Trinajstić information content (AvgIpc) is 3.98. The number of ether oxygens (including phenoxy) is 1. The van der Waals surface area contributed by atoms with Gasteiger partial charge in [-0.3, -0.25) is 14.4 Å². The number of amides is 3. The summed E-state index contributed by atoms with van der Waals surface area (Å²) in [6.07, 6.45) is 1.50. The number of primary amides is 1. The predicted octanol–water partition coefficient (Wildman–Crippen LogP) is 7.97. The molecule has 3 amide bonds. The summed E-state index contributed by atoms with van der Waals surface area (Å²) >= 11 is 4.41. The predicted molar refractivity (Wildman–Crippen MR) is 247 cm³/mol. The van der Waals surface area contributed by atoms with E-state index in [4.69, 9.17) is 10.5 Å². The second kappa shape index (κ2) is 25.5. The van der Waals surface area contributed by atoms with Crippen molar-refractivity contribution in [3.05, 3.63) is 137 Å². The van der Waals surface area contributed by atoms with Gasteiger partial charge >= 0.3 is 0 Å². The number of rotatable bonds is 17. The maximum atomic E-state index is 13.5. The van der Waals surface area contributed by atoms with E-state index in [2.05, 4.69) is 107 Å². The summed E-state index contributed by atoms with van der Waals surface area (Å²) in [4.78, 5) is 33.6. The molecule has 9 nitrogen and oxygen atoms in total. The maximum absolute atomic E-state index is 13.5. The van der Waals surface area contributed by atoms with E-state index in [0.717, 1.165) is 37.7 Å². The zero-order chi connectivity index (χ0) is 45.4. The Labute approximate surface area is 383 Å². The van der Waals surface area contributed by atoms with Crippen LogP contribution in [0.25, 0.3) is 0 Å². The third kappa shape index (κ3) is 19.9. The van der Waals surface area contributed by atoms with Crippen molar-refractivity contribution in [3.8, 4) is 0 Å². The van der Waals surface area contributed by atoms with Gasteiger partial charge in [0, 0.05) is 46.2 Å². The Hall–Kier alpha value is -3.65. The van der Waals surface area contributed by atoms with E-state index in [0.29, 0.717) is 48.1 Å². The molecule has 5 rings (SSSR count). The number of benzene rings is 4. The Morgan fingerprint density at radius 3 is 1.64 bits per heavy atom. The van der Waals surface area contributed by atoms with Gasteiger partial charge in [-0.05, 0) is 153 Å². The summed E-state index contributed by atoms with van der Waals surface area (Å²) in [6.45, 7) is 12.8. The van der Waals surface area contributed by atoms with E-state index >= 15 is 0 Å². The van der Waals surface area contributed by atoms with Crippen molar-refractivity contribution >= 4 is 62.9 Å². The molecule has 1 aliphatic rings. The smallest absolute Gasteiger partial charge is 0.249 e. The van der Waals surface area contributed by atoms with Crippen molar-refractivity contribution in [1.82, 2.24) is 16.0 Å². The molecule has 1 fully saturated rings. The minimum absolute atomic E-state index is 0.0507. The molecule has 61 heavy (non-hydrogen) atoms. The molecule has 1 saturated heterocycles. The van der Waals surface area contributed by atoms with E-state index in [1.807, 2.05) is 18.2 Å². The van der Waals surface area contributed by atoms with Crippen molar-refractivity contribution in [3.63, 3.8) is 0 Å². The number of nitrogens with one attached hydrogen (secondary N) is 3. The van der Waals surface area contributed by atoms with Gasteiger partial charge in [0.05, 0.1) is 30.4 Å². The molecule has 332 valence electrons. The maximum Gasteiger partial charge on any atom is 0.249 e. The lowest BCUT2D eigenvalue weighted by Gasteiger charge is -2.24. The summed E-state index contributed by atoms with van der Waals surface area (Å²) in [5.41, 5.74) is 10.4. The molecule has 0 aliphatic carbocycles. The zero-order valence-electron chi connectivity index (χ0n) is 35.3. The molecule has 6 N–H and O–H groups in total. The van der Waals surface area contributed by atoms with E-state index in [-0.39, 0.29) is 42.8 Å². The third-order valence-corrected chi connectivity index (χ3v) is 11.2. The SMILES string of the molecule is CC(=O)NC(Cc1cc(F)cc(F)c1)C(O)CNCc1cc(CC(C)C)ccc1I.CC(=O)NC(Cc1cc(F)cc(F)c1)C1CO1.CC(C)Cc1ccc(I)c(C(N)=O)c1. The van der Waals surface area contributed by atoms with Gasteiger partial charge in [-0.25, -0.2) is 17.6 Å².